The van der Waals surface area contributed by atoms with Crippen molar-refractivity contribution in [2.45, 2.75) is 0 Å². The van der Waals surface area contributed by atoms with Gasteiger partial charge >= 0.3 is 6.13 Å². The van der Waals surface area contributed by atoms with E-state index in [4.69, 9.17) is 16.3 Å². The molecule has 0 aliphatic rings. The van der Waals surface area contributed by atoms with E-state index in [9.17, 15) is 0 Å². The Balaban J connectivity index is 2.67. The molecule has 0 spiro atoms. The molecule has 0 saturated heterocycles. The van der Waals surface area contributed by atoms with Crippen LogP contribution in [-0.2, 0) is 11.8 Å². The second kappa shape index (κ2) is 3.91. The lowest BCUT2D eigenvalue weighted by atomic mass is 10.3. The van der Waals surface area contributed by atoms with E-state index in [-0.39, 0.29) is 0 Å². The van der Waals surface area contributed by atoms with Crippen molar-refractivity contribution in [1.82, 2.24) is 0 Å². The van der Waals surface area contributed by atoms with Crippen LogP contribution in [0.1, 0.15) is 0 Å². The van der Waals surface area contributed by atoms with Gasteiger partial charge in [-0.3, -0.25) is 4.52 Å². The quantitative estimate of drug-likeness (QED) is 0.566. The molecule has 1 aromatic rings. The van der Waals surface area contributed by atoms with Gasteiger partial charge in [-0.2, -0.15) is 0 Å². The van der Waals surface area contributed by atoms with E-state index in [1.807, 2.05) is 30.3 Å². The Morgan fingerprint density at radius 1 is 1.30 bits per heavy atom. The van der Waals surface area contributed by atoms with Crippen LogP contribution in [-0.4, -0.2) is 0 Å². The van der Waals surface area contributed by atoms with Crippen molar-refractivity contribution in [1.29, 1.82) is 0 Å². The summed E-state index contributed by atoms with van der Waals surface area (Å²) in [6.45, 7) is 0. The third-order valence-electron chi connectivity index (χ3n) is 0.927. The smallest absolute Gasteiger partial charge is 0.266 e. The first-order valence-electron chi connectivity index (χ1n) is 2.68. The summed E-state index contributed by atoms with van der Waals surface area (Å²) in [6, 6.07) is 9.45. The van der Waals surface area contributed by atoms with E-state index in [1.54, 1.807) is 0 Å². The molecule has 1 aromatic carbocycles. The fraction of sp³-hybridized carbons (Fsp3) is 0. The van der Waals surface area contributed by atoms with E-state index in [0.29, 0.717) is 0 Å². The molecular formula is C6H6OPS2+. The third kappa shape index (κ3) is 2.65. The fourth-order valence-electron chi connectivity index (χ4n) is 0.572. The average molecular weight is 189 g/mol. The molecule has 1 unspecified atom stereocenters. The molecule has 1 nitrogen and oxygen atoms in total. The maximum absolute atomic E-state index is 5.16. The van der Waals surface area contributed by atoms with Crippen molar-refractivity contribution in [3.63, 3.8) is 0 Å². The van der Waals surface area contributed by atoms with Gasteiger partial charge in [0.25, 0.3) is 0 Å². The second-order valence-corrected chi connectivity index (χ2v) is 5.20. The highest BCUT2D eigenvalue weighted by Crippen LogP contribution is 2.29. The highest BCUT2D eigenvalue weighted by Gasteiger charge is 2.03. The predicted octanol–water partition coefficient (Wildman–Crippen LogP) is 2.77. The normalized spacial score (nSPS) is 10.7. The van der Waals surface area contributed by atoms with Crippen molar-refractivity contribution in [3.8, 4) is 5.75 Å². The van der Waals surface area contributed by atoms with E-state index in [2.05, 4.69) is 12.2 Å². The van der Waals surface area contributed by atoms with Gasteiger partial charge < -0.3 is 0 Å². The minimum absolute atomic E-state index is 0.790. The van der Waals surface area contributed by atoms with Crippen LogP contribution in [0.5, 0.6) is 5.75 Å². The molecular weight excluding hydrogens is 183 g/mol. The summed E-state index contributed by atoms with van der Waals surface area (Å²) >= 11 is 8.73. The van der Waals surface area contributed by atoms with E-state index in [0.717, 1.165) is 5.75 Å². The van der Waals surface area contributed by atoms with Crippen molar-refractivity contribution in [2.75, 3.05) is 0 Å². The van der Waals surface area contributed by atoms with Gasteiger partial charge in [0.1, 0.15) is 12.2 Å². The molecule has 0 aliphatic heterocycles. The summed E-state index contributed by atoms with van der Waals surface area (Å²) in [5, 5.41) is 0. The van der Waals surface area contributed by atoms with E-state index < -0.39 is 6.13 Å². The highest BCUT2D eigenvalue weighted by atomic mass is 32.9. The van der Waals surface area contributed by atoms with Crippen molar-refractivity contribution in [3.05, 3.63) is 30.3 Å². The molecule has 52 valence electrons. The minimum Gasteiger partial charge on any atom is -0.266 e. The maximum atomic E-state index is 5.16. The predicted molar refractivity (Wildman–Crippen MR) is 50.3 cm³/mol. The first-order chi connectivity index (χ1) is 4.79. The number of thiol groups is 1. The summed E-state index contributed by atoms with van der Waals surface area (Å²) in [5.74, 6) is 0.790. The Morgan fingerprint density at radius 3 is 2.40 bits per heavy atom. The third-order valence-corrected chi connectivity index (χ3v) is 1.76. The van der Waals surface area contributed by atoms with Crippen molar-refractivity contribution in [2.24, 2.45) is 0 Å². The van der Waals surface area contributed by atoms with Gasteiger partial charge in [0, 0.05) is 0 Å². The monoisotopic (exact) mass is 189 g/mol. The standard InChI is InChI=1S/C6H5OPS2/c9-8(10)7-6-4-2-1-3-5-6/h1-5H/p+1. The summed E-state index contributed by atoms with van der Waals surface area (Å²) < 4.78 is 5.16. The number of rotatable bonds is 2. The molecule has 0 saturated carbocycles. The average Bonchev–Trinajstić information content (AvgIpc) is 1.88. The van der Waals surface area contributed by atoms with Crippen LogP contribution in [0.2, 0.25) is 0 Å². The van der Waals surface area contributed by atoms with Crippen LogP contribution in [0, 0.1) is 0 Å². The zero-order valence-corrected chi connectivity index (χ0v) is 7.70. The van der Waals surface area contributed by atoms with Gasteiger partial charge in [-0.1, -0.05) is 18.2 Å². The number of benzene rings is 1. The first-order valence-corrected chi connectivity index (χ1v) is 6.11. The SMILES string of the molecule is S=[P+](S)Oc1ccccc1. The molecule has 0 aliphatic carbocycles. The largest absolute Gasteiger partial charge is 0.459 e. The molecule has 1 rings (SSSR count). The Kier molecular flexibility index (Phi) is 3.13. The molecule has 0 N–H and O–H groups in total. The lowest BCUT2D eigenvalue weighted by Crippen LogP contribution is -1.73. The first kappa shape index (κ1) is 7.99. The second-order valence-electron chi connectivity index (χ2n) is 1.64. The molecule has 0 fully saturated rings. The Bertz CT molecular complexity index is 224. The van der Waals surface area contributed by atoms with Gasteiger partial charge in [0.15, 0.2) is 5.75 Å². The number of para-hydroxylation sites is 1. The van der Waals surface area contributed by atoms with E-state index in [1.165, 1.54) is 0 Å². The minimum atomic E-state index is -0.999. The van der Waals surface area contributed by atoms with E-state index >= 15 is 0 Å². The van der Waals surface area contributed by atoms with Crippen LogP contribution in [0.15, 0.2) is 30.3 Å². The highest BCUT2D eigenvalue weighted by molar-refractivity contribution is 8.54. The molecule has 0 heterocycles. The van der Waals surface area contributed by atoms with Gasteiger partial charge in [0.05, 0.1) is 0 Å². The van der Waals surface area contributed by atoms with Crippen LogP contribution in [0.25, 0.3) is 0 Å². The lowest BCUT2D eigenvalue weighted by Gasteiger charge is -1.88. The Morgan fingerprint density at radius 2 is 1.90 bits per heavy atom. The van der Waals surface area contributed by atoms with Gasteiger partial charge in [0.2, 0.25) is 11.8 Å². The maximum Gasteiger partial charge on any atom is 0.459 e. The molecule has 4 heteroatoms. The fourth-order valence-corrected chi connectivity index (χ4v) is 1.41. The van der Waals surface area contributed by atoms with Crippen molar-refractivity contribution < 1.29 is 4.52 Å². The molecule has 0 bridgehead atoms. The van der Waals surface area contributed by atoms with Crippen LogP contribution in [0.3, 0.4) is 0 Å². The van der Waals surface area contributed by atoms with Gasteiger partial charge in [-0.05, 0) is 12.1 Å². The summed E-state index contributed by atoms with van der Waals surface area (Å²) in [5.41, 5.74) is 0. The van der Waals surface area contributed by atoms with Crippen LogP contribution >= 0.6 is 18.4 Å². The van der Waals surface area contributed by atoms with Crippen molar-refractivity contribution >= 4 is 30.2 Å². The lowest BCUT2D eigenvalue weighted by molar-refractivity contribution is 0.641. The topological polar surface area (TPSA) is 9.23 Å². The van der Waals surface area contributed by atoms with Gasteiger partial charge in [-0.25, -0.2) is 0 Å². The number of hydrogen-bond acceptors (Lipinski definition) is 2. The molecule has 0 aromatic heterocycles. The Hall–Kier alpha value is -0.110. The zero-order chi connectivity index (χ0) is 7.40. The Labute approximate surface area is 71.1 Å². The van der Waals surface area contributed by atoms with Gasteiger partial charge in [-0.15, -0.1) is 0 Å². The van der Waals surface area contributed by atoms with Crippen LogP contribution in [0.4, 0.5) is 0 Å². The molecule has 10 heavy (non-hydrogen) atoms. The molecule has 0 amide bonds. The number of hydrogen-bond donors (Lipinski definition) is 1. The zero-order valence-electron chi connectivity index (χ0n) is 5.10. The molecule has 1 atom stereocenters. The van der Waals surface area contributed by atoms with Crippen LogP contribution < -0.4 is 4.52 Å². The summed E-state index contributed by atoms with van der Waals surface area (Å²) in [6.07, 6.45) is -0.999. The molecule has 0 radical (unpaired) electrons. The summed E-state index contributed by atoms with van der Waals surface area (Å²) in [7, 11) is 0. The summed E-state index contributed by atoms with van der Waals surface area (Å²) in [4.78, 5) is 0.